The van der Waals surface area contributed by atoms with Gasteiger partial charge in [0.25, 0.3) is 0 Å². The number of hydrogen-bond donors (Lipinski definition) is 0. The molecule has 0 saturated carbocycles. The van der Waals surface area contributed by atoms with Crippen molar-refractivity contribution < 1.29 is 9.13 Å². The molecule has 0 spiro atoms. The van der Waals surface area contributed by atoms with Crippen LogP contribution in [-0.4, -0.2) is 0 Å². The fraction of sp³-hybridized carbons (Fsp3) is 0.143. The lowest BCUT2D eigenvalue weighted by Gasteiger charge is -2.11. The van der Waals surface area contributed by atoms with Crippen molar-refractivity contribution in [3.8, 4) is 5.75 Å². The third-order valence-electron chi connectivity index (χ3n) is 2.57. The van der Waals surface area contributed by atoms with Gasteiger partial charge in [-0.1, -0.05) is 29.3 Å². The van der Waals surface area contributed by atoms with E-state index in [2.05, 4.69) is 0 Å². The first kappa shape index (κ1) is 13.2. The van der Waals surface area contributed by atoms with Crippen LogP contribution in [0.3, 0.4) is 0 Å². The molecule has 2 rings (SSSR count). The van der Waals surface area contributed by atoms with E-state index in [1.54, 1.807) is 31.2 Å². The van der Waals surface area contributed by atoms with Gasteiger partial charge >= 0.3 is 0 Å². The van der Waals surface area contributed by atoms with E-state index < -0.39 is 0 Å². The molecule has 0 radical (unpaired) electrons. The average Bonchev–Trinajstić information content (AvgIpc) is 2.31. The number of benzene rings is 2. The van der Waals surface area contributed by atoms with Crippen LogP contribution in [0.1, 0.15) is 11.1 Å². The molecule has 0 bridgehead atoms. The molecule has 0 atom stereocenters. The van der Waals surface area contributed by atoms with Crippen LogP contribution < -0.4 is 4.74 Å². The zero-order valence-electron chi connectivity index (χ0n) is 9.71. The number of rotatable bonds is 3. The van der Waals surface area contributed by atoms with E-state index >= 15 is 0 Å². The van der Waals surface area contributed by atoms with Gasteiger partial charge in [-0.15, -0.1) is 0 Å². The Balaban J connectivity index is 2.16. The van der Waals surface area contributed by atoms with E-state index in [1.807, 2.05) is 0 Å². The fourth-order valence-corrected chi connectivity index (χ4v) is 2.10. The zero-order valence-corrected chi connectivity index (χ0v) is 11.2. The second kappa shape index (κ2) is 5.59. The minimum absolute atomic E-state index is 0.255. The summed E-state index contributed by atoms with van der Waals surface area (Å²) < 4.78 is 18.5. The number of halogens is 3. The monoisotopic (exact) mass is 284 g/mol. The van der Waals surface area contributed by atoms with Gasteiger partial charge in [0.15, 0.2) is 0 Å². The van der Waals surface area contributed by atoms with Gasteiger partial charge in [0.2, 0.25) is 0 Å². The van der Waals surface area contributed by atoms with E-state index in [9.17, 15) is 4.39 Å². The first-order chi connectivity index (χ1) is 8.58. The summed E-state index contributed by atoms with van der Waals surface area (Å²) in [5.41, 5.74) is 1.46. The van der Waals surface area contributed by atoms with Crippen molar-refractivity contribution >= 4 is 23.2 Å². The van der Waals surface area contributed by atoms with Gasteiger partial charge in [-0.05, 0) is 42.8 Å². The fourth-order valence-electron chi connectivity index (χ4n) is 1.59. The number of ether oxygens (including phenoxy) is 1. The highest BCUT2D eigenvalue weighted by Crippen LogP contribution is 2.27. The molecule has 0 heterocycles. The van der Waals surface area contributed by atoms with Gasteiger partial charge in [-0.25, -0.2) is 4.39 Å². The van der Waals surface area contributed by atoms with Gasteiger partial charge in [0, 0.05) is 15.6 Å². The SMILES string of the molecule is Cc1cc(F)ccc1OCc1c(Cl)cccc1Cl. The molecule has 0 fully saturated rings. The summed E-state index contributed by atoms with van der Waals surface area (Å²) >= 11 is 12.1. The predicted octanol–water partition coefficient (Wildman–Crippen LogP) is 5.02. The lowest BCUT2D eigenvalue weighted by molar-refractivity contribution is 0.303. The molecule has 0 N–H and O–H groups in total. The highest BCUT2D eigenvalue weighted by atomic mass is 35.5. The van der Waals surface area contributed by atoms with Crippen molar-refractivity contribution in [1.82, 2.24) is 0 Å². The maximum atomic E-state index is 12.9. The van der Waals surface area contributed by atoms with E-state index in [-0.39, 0.29) is 12.4 Å². The van der Waals surface area contributed by atoms with E-state index in [1.165, 1.54) is 12.1 Å². The minimum Gasteiger partial charge on any atom is -0.489 e. The van der Waals surface area contributed by atoms with Crippen molar-refractivity contribution in [1.29, 1.82) is 0 Å². The molecule has 0 amide bonds. The summed E-state index contributed by atoms with van der Waals surface area (Å²) in [4.78, 5) is 0. The summed E-state index contributed by atoms with van der Waals surface area (Å²) in [6.07, 6.45) is 0. The number of hydrogen-bond acceptors (Lipinski definition) is 1. The lowest BCUT2D eigenvalue weighted by atomic mass is 10.2. The minimum atomic E-state index is -0.282. The van der Waals surface area contributed by atoms with Crippen LogP contribution in [0.15, 0.2) is 36.4 Å². The maximum Gasteiger partial charge on any atom is 0.123 e. The molecule has 94 valence electrons. The van der Waals surface area contributed by atoms with Crippen molar-refractivity contribution in [2.24, 2.45) is 0 Å². The van der Waals surface area contributed by atoms with Crippen molar-refractivity contribution in [2.75, 3.05) is 0 Å². The van der Waals surface area contributed by atoms with Gasteiger partial charge in [0.1, 0.15) is 18.2 Å². The standard InChI is InChI=1S/C14H11Cl2FO/c1-9-7-10(17)5-6-14(9)18-8-11-12(15)3-2-4-13(11)16/h2-7H,8H2,1H3. The van der Waals surface area contributed by atoms with E-state index in [4.69, 9.17) is 27.9 Å². The molecular formula is C14H11Cl2FO. The zero-order chi connectivity index (χ0) is 13.1. The average molecular weight is 285 g/mol. The summed E-state index contributed by atoms with van der Waals surface area (Å²) in [7, 11) is 0. The lowest BCUT2D eigenvalue weighted by Crippen LogP contribution is -1.99. The van der Waals surface area contributed by atoms with Gasteiger partial charge in [-0.2, -0.15) is 0 Å². The normalized spacial score (nSPS) is 10.4. The topological polar surface area (TPSA) is 9.23 Å². The van der Waals surface area contributed by atoms with Crippen LogP contribution in [0, 0.1) is 12.7 Å². The molecule has 0 aliphatic carbocycles. The Morgan fingerprint density at radius 3 is 2.39 bits per heavy atom. The Hall–Kier alpha value is -1.25. The molecular weight excluding hydrogens is 274 g/mol. The van der Waals surface area contributed by atoms with Crippen LogP contribution in [0.4, 0.5) is 4.39 Å². The van der Waals surface area contributed by atoms with E-state index in [0.29, 0.717) is 15.8 Å². The second-order valence-electron chi connectivity index (χ2n) is 3.90. The summed E-state index contributed by atoms with van der Waals surface area (Å²) in [6.45, 7) is 2.04. The third kappa shape index (κ3) is 2.95. The van der Waals surface area contributed by atoms with Crippen LogP contribution in [0.25, 0.3) is 0 Å². The Bertz CT molecular complexity index is 549. The van der Waals surface area contributed by atoms with Crippen molar-refractivity contribution in [3.63, 3.8) is 0 Å². The van der Waals surface area contributed by atoms with Gasteiger partial charge < -0.3 is 4.74 Å². The van der Waals surface area contributed by atoms with Crippen molar-refractivity contribution in [3.05, 3.63) is 63.4 Å². The summed E-state index contributed by atoms with van der Waals surface area (Å²) in [5, 5.41) is 1.12. The van der Waals surface area contributed by atoms with Crippen LogP contribution in [0.2, 0.25) is 10.0 Å². The maximum absolute atomic E-state index is 12.9. The third-order valence-corrected chi connectivity index (χ3v) is 3.28. The highest BCUT2D eigenvalue weighted by molar-refractivity contribution is 6.35. The van der Waals surface area contributed by atoms with Crippen LogP contribution in [-0.2, 0) is 6.61 Å². The quantitative estimate of drug-likeness (QED) is 0.769. The van der Waals surface area contributed by atoms with Crippen LogP contribution >= 0.6 is 23.2 Å². The van der Waals surface area contributed by atoms with E-state index in [0.717, 1.165) is 11.1 Å². The molecule has 0 saturated heterocycles. The first-order valence-corrected chi connectivity index (χ1v) is 6.15. The molecule has 1 nitrogen and oxygen atoms in total. The largest absolute Gasteiger partial charge is 0.489 e. The summed E-state index contributed by atoms with van der Waals surface area (Å²) in [6, 6.07) is 9.65. The smallest absolute Gasteiger partial charge is 0.123 e. The van der Waals surface area contributed by atoms with Crippen molar-refractivity contribution in [2.45, 2.75) is 13.5 Å². The van der Waals surface area contributed by atoms with Gasteiger partial charge in [-0.3, -0.25) is 0 Å². The predicted molar refractivity (Wildman–Crippen MR) is 71.9 cm³/mol. The first-order valence-electron chi connectivity index (χ1n) is 5.40. The molecule has 0 unspecified atom stereocenters. The molecule has 2 aromatic carbocycles. The second-order valence-corrected chi connectivity index (χ2v) is 4.71. The number of aryl methyl sites for hydroxylation is 1. The highest BCUT2D eigenvalue weighted by Gasteiger charge is 2.07. The molecule has 0 aromatic heterocycles. The Kier molecular flexibility index (Phi) is 4.10. The molecule has 0 aliphatic rings. The molecule has 4 heteroatoms. The molecule has 18 heavy (non-hydrogen) atoms. The van der Waals surface area contributed by atoms with Gasteiger partial charge in [0.05, 0.1) is 0 Å². The molecule has 0 aliphatic heterocycles. The Morgan fingerprint density at radius 1 is 1.11 bits per heavy atom. The Morgan fingerprint density at radius 2 is 1.78 bits per heavy atom. The Labute approximate surface area is 115 Å². The van der Waals surface area contributed by atoms with Crippen LogP contribution in [0.5, 0.6) is 5.75 Å². The summed E-state index contributed by atoms with van der Waals surface area (Å²) in [5.74, 6) is 0.336. The molecule has 2 aromatic rings.